The second-order valence-corrected chi connectivity index (χ2v) is 4.66. The predicted octanol–water partition coefficient (Wildman–Crippen LogP) is 3.44. The lowest BCUT2D eigenvalue weighted by Gasteiger charge is -1.91. The molecule has 3 rings (SSSR count). The Labute approximate surface area is 124 Å². The maximum Gasteiger partial charge on any atom is 0.433 e. The molecule has 108 valence electrons. The zero-order chi connectivity index (χ0) is 15.7. The van der Waals surface area contributed by atoms with Crippen LogP contribution in [0.2, 0.25) is 0 Å². The quantitative estimate of drug-likeness (QED) is 0.452. The standard InChI is InChI=1S/C15H10N4O3/c1-9-3-2-4-12-14(9)18-15(17-12)10(8-16)7-11-5-6-13(22-11)19(20)21/h2-7H,1H3,(H,17,18). The number of nitro groups is 1. The first-order valence-corrected chi connectivity index (χ1v) is 6.40. The summed E-state index contributed by atoms with van der Waals surface area (Å²) >= 11 is 0. The van der Waals surface area contributed by atoms with Crippen molar-refractivity contribution in [1.82, 2.24) is 9.97 Å². The van der Waals surface area contributed by atoms with E-state index in [1.165, 1.54) is 18.2 Å². The van der Waals surface area contributed by atoms with Gasteiger partial charge in [-0.25, -0.2) is 4.98 Å². The van der Waals surface area contributed by atoms with Gasteiger partial charge in [-0.05, 0) is 24.6 Å². The van der Waals surface area contributed by atoms with E-state index in [0.717, 1.165) is 16.6 Å². The number of benzene rings is 1. The summed E-state index contributed by atoms with van der Waals surface area (Å²) in [6.45, 7) is 1.93. The van der Waals surface area contributed by atoms with Crippen molar-refractivity contribution in [3.05, 3.63) is 57.6 Å². The molecule has 7 nitrogen and oxygen atoms in total. The molecule has 2 heterocycles. The SMILES string of the molecule is Cc1cccc2[nH]c(C(C#N)=Cc3ccc([N+](=O)[O-])o3)nc12. The van der Waals surface area contributed by atoms with Crippen molar-refractivity contribution in [3.8, 4) is 6.07 Å². The molecule has 22 heavy (non-hydrogen) atoms. The number of aryl methyl sites for hydroxylation is 1. The van der Waals surface area contributed by atoms with Gasteiger partial charge >= 0.3 is 5.88 Å². The number of fused-ring (bicyclic) bond motifs is 1. The summed E-state index contributed by atoms with van der Waals surface area (Å²) in [6, 6.07) is 10.4. The number of nitriles is 1. The molecule has 0 bridgehead atoms. The highest BCUT2D eigenvalue weighted by atomic mass is 16.6. The van der Waals surface area contributed by atoms with E-state index in [1.807, 2.05) is 31.2 Å². The number of rotatable bonds is 3. The van der Waals surface area contributed by atoms with E-state index in [0.29, 0.717) is 5.82 Å². The molecule has 0 aliphatic heterocycles. The Kier molecular flexibility index (Phi) is 3.20. The number of aromatic nitrogens is 2. The molecule has 7 heteroatoms. The summed E-state index contributed by atoms with van der Waals surface area (Å²) in [4.78, 5) is 17.4. The van der Waals surface area contributed by atoms with E-state index in [9.17, 15) is 15.4 Å². The van der Waals surface area contributed by atoms with Crippen LogP contribution in [0.3, 0.4) is 0 Å². The van der Waals surface area contributed by atoms with Gasteiger partial charge in [-0.2, -0.15) is 5.26 Å². The van der Waals surface area contributed by atoms with Crippen LogP contribution < -0.4 is 0 Å². The van der Waals surface area contributed by atoms with E-state index in [-0.39, 0.29) is 17.2 Å². The minimum Gasteiger partial charge on any atom is -0.401 e. The number of aromatic amines is 1. The molecule has 0 radical (unpaired) electrons. The molecule has 3 aromatic rings. The van der Waals surface area contributed by atoms with Crippen LogP contribution in [0.4, 0.5) is 5.88 Å². The number of imidazole rings is 1. The smallest absolute Gasteiger partial charge is 0.401 e. The van der Waals surface area contributed by atoms with Crippen molar-refractivity contribution in [1.29, 1.82) is 5.26 Å². The van der Waals surface area contributed by atoms with Crippen molar-refractivity contribution in [2.75, 3.05) is 0 Å². The topological polar surface area (TPSA) is 109 Å². The van der Waals surface area contributed by atoms with Crippen LogP contribution in [-0.2, 0) is 0 Å². The summed E-state index contributed by atoms with van der Waals surface area (Å²) in [5.41, 5.74) is 2.83. The van der Waals surface area contributed by atoms with Crippen molar-refractivity contribution >= 4 is 28.6 Å². The largest absolute Gasteiger partial charge is 0.433 e. The third kappa shape index (κ3) is 2.33. The Bertz CT molecular complexity index is 943. The highest BCUT2D eigenvalue weighted by Gasteiger charge is 2.13. The molecular weight excluding hydrogens is 284 g/mol. The van der Waals surface area contributed by atoms with Gasteiger partial charge in [0, 0.05) is 6.08 Å². The second kappa shape index (κ2) is 5.18. The maximum atomic E-state index is 10.6. The fourth-order valence-corrected chi connectivity index (χ4v) is 2.12. The van der Waals surface area contributed by atoms with E-state index in [2.05, 4.69) is 9.97 Å². The fourth-order valence-electron chi connectivity index (χ4n) is 2.12. The third-order valence-electron chi connectivity index (χ3n) is 3.17. The molecule has 0 saturated heterocycles. The summed E-state index contributed by atoms with van der Waals surface area (Å²) < 4.78 is 5.03. The van der Waals surface area contributed by atoms with Crippen molar-refractivity contribution in [2.45, 2.75) is 6.92 Å². The summed E-state index contributed by atoms with van der Waals surface area (Å²) in [5.74, 6) is 0.246. The zero-order valence-electron chi connectivity index (χ0n) is 11.5. The van der Waals surface area contributed by atoms with Gasteiger partial charge in [0.1, 0.15) is 22.6 Å². The molecule has 0 amide bonds. The molecule has 0 fully saturated rings. The number of nitrogens with zero attached hydrogens (tertiary/aromatic N) is 3. The van der Waals surface area contributed by atoms with E-state index < -0.39 is 4.92 Å². The van der Waals surface area contributed by atoms with Crippen LogP contribution in [0, 0.1) is 28.4 Å². The number of nitrogens with one attached hydrogen (secondary N) is 1. The van der Waals surface area contributed by atoms with Crippen LogP contribution in [0.5, 0.6) is 0 Å². The van der Waals surface area contributed by atoms with Crippen LogP contribution in [0.25, 0.3) is 22.7 Å². The van der Waals surface area contributed by atoms with Crippen LogP contribution in [-0.4, -0.2) is 14.9 Å². The fraction of sp³-hybridized carbons (Fsp3) is 0.0667. The van der Waals surface area contributed by atoms with Crippen LogP contribution in [0.15, 0.2) is 34.7 Å². The molecule has 1 aromatic carbocycles. The number of H-pyrrole nitrogens is 1. The van der Waals surface area contributed by atoms with E-state index >= 15 is 0 Å². The van der Waals surface area contributed by atoms with Gasteiger partial charge < -0.3 is 9.40 Å². The zero-order valence-corrected chi connectivity index (χ0v) is 11.5. The van der Waals surface area contributed by atoms with Gasteiger partial charge in [0.05, 0.1) is 22.7 Å². The number of hydrogen-bond acceptors (Lipinski definition) is 5. The number of hydrogen-bond donors (Lipinski definition) is 1. The number of para-hydroxylation sites is 1. The number of furan rings is 1. The first kappa shape index (κ1) is 13.6. The van der Waals surface area contributed by atoms with Crippen LogP contribution in [0.1, 0.15) is 17.1 Å². The lowest BCUT2D eigenvalue weighted by molar-refractivity contribution is -0.402. The van der Waals surface area contributed by atoms with Gasteiger partial charge in [-0.1, -0.05) is 12.1 Å². The molecule has 1 N–H and O–H groups in total. The Balaban J connectivity index is 2.05. The van der Waals surface area contributed by atoms with Crippen molar-refractivity contribution in [3.63, 3.8) is 0 Å². The Hall–Kier alpha value is -3.40. The molecule has 0 unspecified atom stereocenters. The summed E-state index contributed by atoms with van der Waals surface area (Å²) in [7, 11) is 0. The Morgan fingerprint density at radius 1 is 1.45 bits per heavy atom. The molecule has 0 aliphatic rings. The normalized spacial score (nSPS) is 11.5. The van der Waals surface area contributed by atoms with Gasteiger partial charge in [0.2, 0.25) is 0 Å². The molecule has 0 atom stereocenters. The number of allylic oxidation sites excluding steroid dienone is 1. The third-order valence-corrected chi connectivity index (χ3v) is 3.17. The van der Waals surface area contributed by atoms with Crippen LogP contribution >= 0.6 is 0 Å². The van der Waals surface area contributed by atoms with Gasteiger partial charge in [-0.15, -0.1) is 0 Å². The molecule has 0 aliphatic carbocycles. The molecule has 0 spiro atoms. The summed E-state index contributed by atoms with van der Waals surface area (Å²) in [6.07, 6.45) is 1.42. The monoisotopic (exact) mass is 294 g/mol. The van der Waals surface area contributed by atoms with Gasteiger partial charge in [-0.3, -0.25) is 10.1 Å². The van der Waals surface area contributed by atoms with Gasteiger partial charge in [0.15, 0.2) is 0 Å². The maximum absolute atomic E-state index is 10.6. The van der Waals surface area contributed by atoms with Gasteiger partial charge in [0.25, 0.3) is 0 Å². The molecule has 2 aromatic heterocycles. The minimum atomic E-state index is -0.631. The average molecular weight is 294 g/mol. The Morgan fingerprint density at radius 2 is 2.27 bits per heavy atom. The lowest BCUT2D eigenvalue weighted by atomic mass is 10.2. The second-order valence-electron chi connectivity index (χ2n) is 4.66. The first-order chi connectivity index (χ1) is 10.6. The lowest BCUT2D eigenvalue weighted by Crippen LogP contribution is -1.85. The highest BCUT2D eigenvalue weighted by Crippen LogP contribution is 2.23. The summed E-state index contributed by atoms with van der Waals surface area (Å²) in [5, 5.41) is 19.9. The average Bonchev–Trinajstić information content (AvgIpc) is 3.12. The minimum absolute atomic E-state index is 0.223. The molecular formula is C15H10N4O3. The van der Waals surface area contributed by atoms with Crippen molar-refractivity contribution in [2.24, 2.45) is 0 Å². The molecule has 0 saturated carbocycles. The Morgan fingerprint density at radius 3 is 2.91 bits per heavy atom. The van der Waals surface area contributed by atoms with E-state index in [4.69, 9.17) is 4.42 Å². The van der Waals surface area contributed by atoms with E-state index in [1.54, 1.807) is 0 Å². The highest BCUT2D eigenvalue weighted by molar-refractivity contribution is 5.90. The predicted molar refractivity (Wildman–Crippen MR) is 79.7 cm³/mol. The first-order valence-electron chi connectivity index (χ1n) is 6.40. The van der Waals surface area contributed by atoms with Crippen molar-refractivity contribution < 1.29 is 9.34 Å².